The second-order valence-corrected chi connectivity index (χ2v) is 11.9. The number of benzene rings is 7. The molecule has 0 aliphatic carbocycles. The first-order valence-electron chi connectivity index (χ1n) is 15.8. The Labute approximate surface area is 272 Å². The zero-order valence-electron chi connectivity index (χ0n) is 25.8. The van der Waals surface area contributed by atoms with Crippen molar-refractivity contribution in [3.8, 4) is 0 Å². The molecule has 4 heteroatoms. The van der Waals surface area contributed by atoms with Gasteiger partial charge in [-0.25, -0.2) is 0 Å². The summed E-state index contributed by atoms with van der Waals surface area (Å²) < 4.78 is 12.8. The lowest BCUT2D eigenvalue weighted by Crippen LogP contribution is -2.10. The van der Waals surface area contributed by atoms with Crippen LogP contribution in [0.25, 0.3) is 43.9 Å². The summed E-state index contributed by atoms with van der Waals surface area (Å²) in [5, 5.41) is 4.38. The first-order chi connectivity index (χ1) is 23.2. The van der Waals surface area contributed by atoms with Gasteiger partial charge in [-0.1, -0.05) is 66.7 Å². The average Bonchev–Trinajstić information content (AvgIpc) is 3.67. The summed E-state index contributed by atoms with van der Waals surface area (Å²) in [6.07, 6.45) is 0. The summed E-state index contributed by atoms with van der Waals surface area (Å²) in [6.45, 7) is 2.12. The van der Waals surface area contributed by atoms with Crippen LogP contribution in [0, 0.1) is 6.92 Å². The standard InChI is InChI=1S/C43H30N2O2/c1-29-11-10-16-32(25-29)45(34-19-22-37-36-17-8-9-18-40(36)46-42(37)27-34)35-20-23-38-39-26-33(21-24-41(39)47-43(38)28-35)44(30-12-4-2-5-13-30)31-14-6-3-7-15-31/h2-28H,1H3. The van der Waals surface area contributed by atoms with Crippen molar-refractivity contribution in [2.75, 3.05) is 9.80 Å². The van der Waals surface area contributed by atoms with Crippen molar-refractivity contribution in [1.82, 2.24) is 0 Å². The zero-order valence-corrected chi connectivity index (χ0v) is 25.8. The fourth-order valence-corrected chi connectivity index (χ4v) is 6.70. The maximum Gasteiger partial charge on any atom is 0.137 e. The molecule has 0 saturated heterocycles. The third-order valence-corrected chi connectivity index (χ3v) is 8.86. The first-order valence-corrected chi connectivity index (χ1v) is 15.8. The smallest absolute Gasteiger partial charge is 0.137 e. The Morgan fingerprint density at radius 3 is 1.45 bits per heavy atom. The van der Waals surface area contributed by atoms with Gasteiger partial charge in [0.1, 0.15) is 22.3 Å². The van der Waals surface area contributed by atoms with Crippen LogP contribution < -0.4 is 9.80 Å². The van der Waals surface area contributed by atoms with Crippen LogP contribution in [0.4, 0.5) is 34.1 Å². The quantitative estimate of drug-likeness (QED) is 0.188. The van der Waals surface area contributed by atoms with E-state index in [1.807, 2.05) is 24.3 Å². The van der Waals surface area contributed by atoms with Crippen LogP contribution in [-0.4, -0.2) is 0 Å². The van der Waals surface area contributed by atoms with E-state index in [4.69, 9.17) is 8.83 Å². The van der Waals surface area contributed by atoms with Crippen LogP contribution in [0.5, 0.6) is 0 Å². The largest absolute Gasteiger partial charge is 0.456 e. The fraction of sp³-hybridized carbons (Fsp3) is 0.0233. The lowest BCUT2D eigenvalue weighted by molar-refractivity contribution is 0.669. The summed E-state index contributed by atoms with van der Waals surface area (Å²) in [7, 11) is 0. The highest BCUT2D eigenvalue weighted by Gasteiger charge is 2.19. The highest BCUT2D eigenvalue weighted by molar-refractivity contribution is 6.08. The van der Waals surface area contributed by atoms with E-state index in [1.54, 1.807) is 0 Å². The number of nitrogens with zero attached hydrogens (tertiary/aromatic N) is 2. The minimum absolute atomic E-state index is 0.836. The SMILES string of the molecule is Cc1cccc(N(c2ccc3c(c2)oc2ccccc23)c2ccc3c(c2)oc2ccc(N(c4ccccc4)c4ccccc4)cc23)c1. The van der Waals surface area contributed by atoms with Gasteiger partial charge < -0.3 is 18.6 Å². The lowest BCUT2D eigenvalue weighted by Gasteiger charge is -2.25. The molecular formula is C43H30N2O2. The molecule has 0 unspecified atom stereocenters. The van der Waals surface area contributed by atoms with E-state index in [0.29, 0.717) is 0 Å². The molecule has 0 bridgehead atoms. The lowest BCUT2D eigenvalue weighted by atomic mass is 10.1. The van der Waals surface area contributed by atoms with Crippen molar-refractivity contribution >= 4 is 78.0 Å². The van der Waals surface area contributed by atoms with E-state index < -0.39 is 0 Å². The molecule has 4 nitrogen and oxygen atoms in total. The second kappa shape index (κ2) is 11.0. The third-order valence-electron chi connectivity index (χ3n) is 8.86. The van der Waals surface area contributed by atoms with Gasteiger partial charge in [0.15, 0.2) is 0 Å². The zero-order chi connectivity index (χ0) is 31.3. The summed E-state index contributed by atoms with van der Waals surface area (Å²) >= 11 is 0. The second-order valence-electron chi connectivity index (χ2n) is 11.9. The topological polar surface area (TPSA) is 32.8 Å². The molecule has 7 aromatic carbocycles. The molecule has 0 spiro atoms. The number of para-hydroxylation sites is 3. The molecule has 9 rings (SSSR count). The predicted molar refractivity (Wildman–Crippen MR) is 195 cm³/mol. The molecule has 9 aromatic rings. The van der Waals surface area contributed by atoms with Gasteiger partial charge in [-0.3, -0.25) is 0 Å². The summed E-state index contributed by atoms with van der Waals surface area (Å²) in [6, 6.07) is 57.1. The van der Waals surface area contributed by atoms with E-state index in [-0.39, 0.29) is 0 Å². The molecule has 0 fully saturated rings. The van der Waals surface area contributed by atoms with E-state index in [2.05, 4.69) is 156 Å². The number of aryl methyl sites for hydroxylation is 1. The van der Waals surface area contributed by atoms with Crippen LogP contribution in [0.3, 0.4) is 0 Å². The Bertz CT molecular complexity index is 2510. The maximum atomic E-state index is 6.53. The third kappa shape index (κ3) is 4.70. The average molecular weight is 607 g/mol. The monoisotopic (exact) mass is 606 g/mol. The molecule has 0 aliphatic rings. The Morgan fingerprint density at radius 2 is 0.787 bits per heavy atom. The number of fused-ring (bicyclic) bond motifs is 6. The van der Waals surface area contributed by atoms with Crippen molar-refractivity contribution in [2.24, 2.45) is 0 Å². The van der Waals surface area contributed by atoms with Gasteiger partial charge in [-0.2, -0.15) is 0 Å². The van der Waals surface area contributed by atoms with Gasteiger partial charge in [0, 0.05) is 67.8 Å². The van der Waals surface area contributed by atoms with Gasteiger partial charge in [0.25, 0.3) is 0 Å². The van der Waals surface area contributed by atoms with Gasteiger partial charge in [0.2, 0.25) is 0 Å². The number of hydrogen-bond acceptors (Lipinski definition) is 4. The summed E-state index contributed by atoms with van der Waals surface area (Å²) in [5.74, 6) is 0. The van der Waals surface area contributed by atoms with Crippen LogP contribution in [0.15, 0.2) is 173 Å². The highest BCUT2D eigenvalue weighted by Crippen LogP contribution is 2.42. The van der Waals surface area contributed by atoms with Crippen molar-refractivity contribution in [2.45, 2.75) is 6.92 Å². The van der Waals surface area contributed by atoms with Crippen molar-refractivity contribution < 1.29 is 8.83 Å². The number of anilines is 6. The van der Waals surface area contributed by atoms with E-state index in [0.717, 1.165) is 78.0 Å². The van der Waals surface area contributed by atoms with E-state index in [9.17, 15) is 0 Å². The predicted octanol–water partition coefficient (Wildman–Crippen LogP) is 12.7. The highest BCUT2D eigenvalue weighted by atomic mass is 16.3. The maximum absolute atomic E-state index is 6.53. The molecule has 2 aromatic heterocycles. The molecule has 0 amide bonds. The minimum atomic E-state index is 0.836. The molecule has 0 saturated carbocycles. The minimum Gasteiger partial charge on any atom is -0.456 e. The Balaban J connectivity index is 1.18. The molecule has 47 heavy (non-hydrogen) atoms. The Hall–Kier alpha value is -6.26. The Morgan fingerprint density at radius 1 is 0.319 bits per heavy atom. The van der Waals surface area contributed by atoms with Gasteiger partial charge in [0.05, 0.1) is 0 Å². The van der Waals surface area contributed by atoms with Crippen molar-refractivity contribution in [3.05, 3.63) is 169 Å². The van der Waals surface area contributed by atoms with Crippen LogP contribution in [0.1, 0.15) is 5.56 Å². The number of furan rings is 2. The van der Waals surface area contributed by atoms with Crippen LogP contribution in [-0.2, 0) is 0 Å². The number of rotatable bonds is 6. The van der Waals surface area contributed by atoms with E-state index >= 15 is 0 Å². The molecule has 0 N–H and O–H groups in total. The van der Waals surface area contributed by atoms with Crippen LogP contribution >= 0.6 is 0 Å². The van der Waals surface area contributed by atoms with Crippen LogP contribution in [0.2, 0.25) is 0 Å². The van der Waals surface area contributed by atoms with Crippen molar-refractivity contribution in [3.63, 3.8) is 0 Å². The van der Waals surface area contributed by atoms with E-state index in [1.165, 1.54) is 5.56 Å². The molecule has 224 valence electrons. The number of hydrogen-bond donors (Lipinski definition) is 0. The molecule has 0 aliphatic heterocycles. The summed E-state index contributed by atoms with van der Waals surface area (Å²) in [4.78, 5) is 4.55. The molecule has 0 atom stereocenters. The van der Waals surface area contributed by atoms with Gasteiger partial charge >= 0.3 is 0 Å². The Kier molecular flexibility index (Phi) is 6.32. The first kappa shape index (κ1) is 27.1. The van der Waals surface area contributed by atoms with Gasteiger partial charge in [-0.15, -0.1) is 0 Å². The molecular weight excluding hydrogens is 576 g/mol. The van der Waals surface area contributed by atoms with Crippen molar-refractivity contribution in [1.29, 1.82) is 0 Å². The van der Waals surface area contributed by atoms with Gasteiger partial charge in [-0.05, 0) is 97.4 Å². The normalized spacial score (nSPS) is 11.5. The fourth-order valence-electron chi connectivity index (χ4n) is 6.70. The molecule has 2 heterocycles. The summed E-state index contributed by atoms with van der Waals surface area (Å²) in [5.41, 5.74) is 11.0. The molecule has 0 radical (unpaired) electrons.